The van der Waals surface area contributed by atoms with Gasteiger partial charge in [0.25, 0.3) is 0 Å². The van der Waals surface area contributed by atoms with Crippen molar-refractivity contribution in [3.63, 3.8) is 0 Å². The lowest BCUT2D eigenvalue weighted by atomic mass is 10.1. The molecule has 2 aromatic rings. The highest BCUT2D eigenvalue weighted by molar-refractivity contribution is 6.30. The molecule has 0 bridgehead atoms. The summed E-state index contributed by atoms with van der Waals surface area (Å²) in [7, 11) is 0. The summed E-state index contributed by atoms with van der Waals surface area (Å²) in [6.45, 7) is 5.89. The Bertz CT molecular complexity index is 716. The van der Waals surface area contributed by atoms with Crippen LogP contribution in [0.3, 0.4) is 0 Å². The first-order valence-corrected chi connectivity index (χ1v) is 8.50. The Morgan fingerprint density at radius 1 is 1.21 bits per heavy atom. The molecule has 24 heavy (non-hydrogen) atoms. The predicted octanol–water partition coefficient (Wildman–Crippen LogP) is 4.32. The lowest BCUT2D eigenvalue weighted by molar-refractivity contribution is 0.589. The van der Waals surface area contributed by atoms with E-state index in [-0.39, 0.29) is 6.04 Å². The molecule has 0 amide bonds. The molecule has 1 unspecified atom stereocenters. The Hall–Kier alpha value is -2.11. The number of nitrogens with zero attached hydrogens (tertiary/aromatic N) is 2. The SMILES string of the molecule is CC(Nc1cc(N2CCNCC2)ccc1N=O)c1cccc(Cl)c1. The van der Waals surface area contributed by atoms with Gasteiger partial charge in [0.15, 0.2) is 0 Å². The van der Waals surface area contributed by atoms with E-state index in [2.05, 4.69) is 20.7 Å². The monoisotopic (exact) mass is 344 g/mol. The number of benzene rings is 2. The number of nitrogens with one attached hydrogen (secondary N) is 2. The summed E-state index contributed by atoms with van der Waals surface area (Å²) in [5, 5.41) is 10.6. The highest BCUT2D eigenvalue weighted by Gasteiger charge is 2.15. The van der Waals surface area contributed by atoms with Gasteiger partial charge in [-0.3, -0.25) is 0 Å². The Morgan fingerprint density at radius 3 is 2.71 bits per heavy atom. The third kappa shape index (κ3) is 3.86. The van der Waals surface area contributed by atoms with Gasteiger partial charge in [-0.05, 0) is 48.0 Å². The van der Waals surface area contributed by atoms with Crippen molar-refractivity contribution in [1.82, 2.24) is 5.32 Å². The predicted molar refractivity (Wildman–Crippen MR) is 100 cm³/mol. The summed E-state index contributed by atoms with van der Waals surface area (Å²) in [5.74, 6) is 0. The molecule has 0 aliphatic carbocycles. The molecule has 0 spiro atoms. The van der Waals surface area contributed by atoms with Crippen LogP contribution in [0, 0.1) is 4.91 Å². The van der Waals surface area contributed by atoms with E-state index in [0.29, 0.717) is 10.7 Å². The average Bonchev–Trinajstić information content (AvgIpc) is 2.62. The Balaban J connectivity index is 1.83. The van der Waals surface area contributed by atoms with Crippen LogP contribution in [-0.2, 0) is 0 Å². The fourth-order valence-electron chi connectivity index (χ4n) is 2.93. The molecule has 0 radical (unpaired) electrons. The van der Waals surface area contributed by atoms with E-state index in [9.17, 15) is 4.91 Å². The molecular weight excluding hydrogens is 324 g/mol. The van der Waals surface area contributed by atoms with Crippen LogP contribution in [0.1, 0.15) is 18.5 Å². The molecule has 2 N–H and O–H groups in total. The van der Waals surface area contributed by atoms with Crippen molar-refractivity contribution in [2.24, 2.45) is 5.18 Å². The van der Waals surface area contributed by atoms with Crippen LogP contribution in [0.5, 0.6) is 0 Å². The number of hydrogen-bond donors (Lipinski definition) is 2. The lowest BCUT2D eigenvalue weighted by Crippen LogP contribution is -2.43. The van der Waals surface area contributed by atoms with E-state index in [1.54, 1.807) is 6.07 Å². The number of nitroso groups, excluding NO2 is 1. The second-order valence-corrected chi connectivity index (χ2v) is 6.39. The van der Waals surface area contributed by atoms with Crippen molar-refractivity contribution in [2.45, 2.75) is 13.0 Å². The molecule has 1 atom stereocenters. The highest BCUT2D eigenvalue weighted by atomic mass is 35.5. The summed E-state index contributed by atoms with van der Waals surface area (Å²) in [4.78, 5) is 13.5. The topological polar surface area (TPSA) is 56.7 Å². The largest absolute Gasteiger partial charge is 0.377 e. The summed E-state index contributed by atoms with van der Waals surface area (Å²) >= 11 is 6.07. The van der Waals surface area contributed by atoms with Gasteiger partial charge in [-0.1, -0.05) is 23.7 Å². The molecule has 1 heterocycles. The van der Waals surface area contributed by atoms with Gasteiger partial charge in [0.05, 0.1) is 5.69 Å². The van der Waals surface area contributed by atoms with Crippen LogP contribution in [0.2, 0.25) is 5.02 Å². The fourth-order valence-corrected chi connectivity index (χ4v) is 3.13. The number of rotatable bonds is 5. The maximum absolute atomic E-state index is 11.2. The van der Waals surface area contributed by atoms with E-state index in [1.807, 2.05) is 43.3 Å². The molecule has 0 aromatic heterocycles. The summed E-state index contributed by atoms with van der Waals surface area (Å²) < 4.78 is 0. The minimum absolute atomic E-state index is 0.0162. The van der Waals surface area contributed by atoms with Crippen LogP contribution in [0.25, 0.3) is 0 Å². The van der Waals surface area contributed by atoms with Crippen molar-refractivity contribution >= 4 is 28.7 Å². The van der Waals surface area contributed by atoms with Gasteiger partial charge in [-0.25, -0.2) is 0 Å². The minimum Gasteiger partial charge on any atom is -0.377 e. The lowest BCUT2D eigenvalue weighted by Gasteiger charge is -2.30. The zero-order chi connectivity index (χ0) is 16.9. The fraction of sp³-hybridized carbons (Fsp3) is 0.333. The van der Waals surface area contributed by atoms with E-state index < -0.39 is 0 Å². The van der Waals surface area contributed by atoms with Crippen LogP contribution >= 0.6 is 11.6 Å². The van der Waals surface area contributed by atoms with Crippen LogP contribution in [0.15, 0.2) is 47.6 Å². The van der Waals surface area contributed by atoms with Crippen LogP contribution in [-0.4, -0.2) is 26.2 Å². The first-order valence-electron chi connectivity index (χ1n) is 8.12. The van der Waals surface area contributed by atoms with Gasteiger partial charge in [-0.2, -0.15) is 0 Å². The molecule has 3 rings (SSSR count). The zero-order valence-corrected chi connectivity index (χ0v) is 14.4. The number of piperazine rings is 1. The Labute approximate surface area is 147 Å². The maximum Gasteiger partial charge on any atom is 0.131 e. The molecule has 1 saturated heterocycles. The number of halogens is 1. The molecule has 2 aromatic carbocycles. The second kappa shape index (κ2) is 7.64. The first-order chi connectivity index (χ1) is 11.7. The summed E-state index contributed by atoms with van der Waals surface area (Å²) in [6.07, 6.45) is 0. The van der Waals surface area contributed by atoms with Crippen molar-refractivity contribution in [1.29, 1.82) is 0 Å². The first kappa shape index (κ1) is 16.7. The minimum atomic E-state index is 0.0162. The van der Waals surface area contributed by atoms with E-state index in [1.165, 1.54) is 0 Å². The van der Waals surface area contributed by atoms with Gasteiger partial charge in [0.1, 0.15) is 5.69 Å². The van der Waals surface area contributed by atoms with Gasteiger partial charge in [-0.15, -0.1) is 4.91 Å². The Kier molecular flexibility index (Phi) is 5.33. The van der Waals surface area contributed by atoms with Crippen molar-refractivity contribution in [3.05, 3.63) is 58.0 Å². The molecule has 126 valence electrons. The van der Waals surface area contributed by atoms with Crippen molar-refractivity contribution in [2.75, 3.05) is 36.4 Å². The highest BCUT2D eigenvalue weighted by Crippen LogP contribution is 2.33. The van der Waals surface area contributed by atoms with E-state index in [0.717, 1.165) is 43.1 Å². The quantitative estimate of drug-likeness (QED) is 0.793. The molecule has 5 nitrogen and oxygen atoms in total. The second-order valence-electron chi connectivity index (χ2n) is 5.95. The average molecular weight is 345 g/mol. The van der Waals surface area contributed by atoms with Gasteiger partial charge < -0.3 is 15.5 Å². The van der Waals surface area contributed by atoms with Crippen LogP contribution < -0.4 is 15.5 Å². The third-order valence-corrected chi connectivity index (χ3v) is 4.52. The molecular formula is C18H21ClN4O. The maximum atomic E-state index is 11.2. The van der Waals surface area contributed by atoms with Crippen molar-refractivity contribution in [3.8, 4) is 0 Å². The number of hydrogen-bond acceptors (Lipinski definition) is 5. The zero-order valence-electron chi connectivity index (χ0n) is 13.6. The molecule has 6 heteroatoms. The number of anilines is 2. The van der Waals surface area contributed by atoms with E-state index >= 15 is 0 Å². The van der Waals surface area contributed by atoms with E-state index in [4.69, 9.17) is 11.6 Å². The van der Waals surface area contributed by atoms with Crippen molar-refractivity contribution < 1.29 is 0 Å². The Morgan fingerprint density at radius 2 is 2.00 bits per heavy atom. The molecule has 0 saturated carbocycles. The summed E-state index contributed by atoms with van der Waals surface area (Å²) in [6, 6.07) is 13.5. The van der Waals surface area contributed by atoms with Crippen LogP contribution in [0.4, 0.5) is 17.1 Å². The molecule has 1 aliphatic heterocycles. The van der Waals surface area contributed by atoms with Gasteiger partial charge in [0.2, 0.25) is 0 Å². The smallest absolute Gasteiger partial charge is 0.131 e. The standard InChI is InChI=1S/C18H21ClN4O/c1-13(14-3-2-4-15(19)11-14)21-18-12-16(5-6-17(18)22-24)23-9-7-20-8-10-23/h2-6,11-13,20-21H,7-10H2,1H3. The normalized spacial score (nSPS) is 15.8. The van der Waals surface area contributed by atoms with Gasteiger partial charge in [0, 0.05) is 42.9 Å². The molecule has 1 aliphatic rings. The summed E-state index contributed by atoms with van der Waals surface area (Å²) in [5.41, 5.74) is 3.33. The molecule has 1 fully saturated rings. The van der Waals surface area contributed by atoms with Gasteiger partial charge >= 0.3 is 0 Å². The third-order valence-electron chi connectivity index (χ3n) is 4.28.